The van der Waals surface area contributed by atoms with Gasteiger partial charge in [0.15, 0.2) is 0 Å². The number of rotatable bonds is 3. The molecule has 19 heavy (non-hydrogen) atoms. The van der Waals surface area contributed by atoms with Gasteiger partial charge in [0.05, 0.1) is 18.8 Å². The smallest absolute Gasteiger partial charge is 0.351 e. The van der Waals surface area contributed by atoms with Crippen molar-refractivity contribution in [2.45, 2.75) is 31.7 Å². The van der Waals surface area contributed by atoms with Crippen LogP contribution in [0.1, 0.15) is 18.2 Å². The molecule has 1 saturated heterocycles. The number of aliphatic hydroxyl groups excluding tert-OH is 1. The molecule has 9 nitrogen and oxygen atoms in total. The number of anilines is 1. The van der Waals surface area contributed by atoms with E-state index >= 15 is 0 Å². The van der Waals surface area contributed by atoms with Crippen molar-refractivity contribution in [2.24, 2.45) is 5.11 Å². The van der Waals surface area contributed by atoms with Crippen molar-refractivity contribution in [1.82, 2.24) is 9.55 Å². The number of aryl methyl sites for hydroxylation is 1. The van der Waals surface area contributed by atoms with E-state index in [1.807, 2.05) is 0 Å². The lowest BCUT2D eigenvalue weighted by Crippen LogP contribution is -2.28. The Labute approximate surface area is 108 Å². The van der Waals surface area contributed by atoms with Gasteiger partial charge >= 0.3 is 5.69 Å². The summed E-state index contributed by atoms with van der Waals surface area (Å²) in [4.78, 5) is 18.2. The predicted octanol–water partition coefficient (Wildman–Crippen LogP) is 0.0926. The molecule has 3 N–H and O–H groups in total. The molecule has 1 aromatic heterocycles. The lowest BCUT2D eigenvalue weighted by molar-refractivity contribution is -0.0270. The van der Waals surface area contributed by atoms with E-state index in [1.165, 1.54) is 4.57 Å². The zero-order valence-corrected chi connectivity index (χ0v) is 10.3. The van der Waals surface area contributed by atoms with Crippen molar-refractivity contribution in [3.05, 3.63) is 32.7 Å². The van der Waals surface area contributed by atoms with E-state index in [-0.39, 0.29) is 12.4 Å². The Morgan fingerprint density at radius 2 is 2.53 bits per heavy atom. The molecule has 1 aliphatic heterocycles. The zero-order chi connectivity index (χ0) is 14.0. The third-order valence-electron chi connectivity index (χ3n) is 3.07. The minimum atomic E-state index is -0.620. The number of nitrogens with two attached hydrogens (primary N) is 1. The maximum Gasteiger partial charge on any atom is 0.351 e. The lowest BCUT2D eigenvalue weighted by atomic mass is 10.1. The fourth-order valence-corrected chi connectivity index (χ4v) is 2.02. The number of aliphatic hydroxyl groups is 1. The first kappa shape index (κ1) is 13.3. The molecular formula is C10H14N6O3. The number of ether oxygens (including phenoxy) is 1. The van der Waals surface area contributed by atoms with E-state index in [9.17, 15) is 4.79 Å². The summed E-state index contributed by atoms with van der Waals surface area (Å²) >= 11 is 0. The van der Waals surface area contributed by atoms with E-state index in [4.69, 9.17) is 21.1 Å². The van der Waals surface area contributed by atoms with Crippen molar-refractivity contribution in [2.75, 3.05) is 12.3 Å². The second kappa shape index (κ2) is 5.27. The number of nitrogens with zero attached hydrogens (tertiary/aromatic N) is 5. The highest BCUT2D eigenvalue weighted by atomic mass is 16.5. The lowest BCUT2D eigenvalue weighted by Gasteiger charge is -2.15. The van der Waals surface area contributed by atoms with Crippen LogP contribution in [0.3, 0.4) is 0 Å². The normalized spacial score (nSPS) is 26.1. The predicted molar refractivity (Wildman–Crippen MR) is 66.2 cm³/mol. The first-order chi connectivity index (χ1) is 9.06. The molecule has 1 aromatic rings. The summed E-state index contributed by atoms with van der Waals surface area (Å²) in [7, 11) is 0. The summed E-state index contributed by atoms with van der Waals surface area (Å²) in [6, 6.07) is -0.509. The molecule has 0 radical (unpaired) electrons. The van der Waals surface area contributed by atoms with E-state index in [1.54, 1.807) is 13.1 Å². The summed E-state index contributed by atoms with van der Waals surface area (Å²) in [5.74, 6) is 0.171. The van der Waals surface area contributed by atoms with Crippen LogP contribution in [0.5, 0.6) is 0 Å². The van der Waals surface area contributed by atoms with Crippen molar-refractivity contribution >= 4 is 5.82 Å². The van der Waals surface area contributed by atoms with Crippen molar-refractivity contribution < 1.29 is 9.84 Å². The Bertz CT molecular complexity index is 579. The molecule has 0 aromatic carbocycles. The van der Waals surface area contributed by atoms with Crippen LogP contribution in [0.4, 0.5) is 5.82 Å². The van der Waals surface area contributed by atoms with Gasteiger partial charge in [0.25, 0.3) is 0 Å². The maximum absolute atomic E-state index is 11.8. The monoisotopic (exact) mass is 266 g/mol. The summed E-state index contributed by atoms with van der Waals surface area (Å²) in [5.41, 5.74) is 14.1. The Hall–Kier alpha value is -2.09. The second-order valence-electron chi connectivity index (χ2n) is 4.32. The fourth-order valence-electron chi connectivity index (χ4n) is 2.02. The third kappa shape index (κ3) is 2.53. The summed E-state index contributed by atoms with van der Waals surface area (Å²) in [6.07, 6.45) is 0.611. The molecule has 0 aliphatic carbocycles. The van der Waals surface area contributed by atoms with Crippen LogP contribution in [-0.2, 0) is 4.74 Å². The van der Waals surface area contributed by atoms with Gasteiger partial charge in [-0.1, -0.05) is 5.11 Å². The number of hydrogen-bond acceptors (Lipinski definition) is 6. The average Bonchev–Trinajstić information content (AvgIpc) is 2.77. The van der Waals surface area contributed by atoms with Crippen LogP contribution in [0.2, 0.25) is 0 Å². The van der Waals surface area contributed by atoms with Gasteiger partial charge < -0.3 is 15.6 Å². The highest BCUT2D eigenvalue weighted by molar-refractivity contribution is 5.35. The quantitative estimate of drug-likeness (QED) is 0.453. The van der Waals surface area contributed by atoms with Crippen molar-refractivity contribution in [3.8, 4) is 0 Å². The highest BCUT2D eigenvalue weighted by Gasteiger charge is 2.35. The van der Waals surface area contributed by atoms with Crippen LogP contribution < -0.4 is 11.4 Å². The minimum absolute atomic E-state index is 0.171. The molecule has 102 valence electrons. The van der Waals surface area contributed by atoms with E-state index in [0.29, 0.717) is 12.0 Å². The molecule has 0 amide bonds. The first-order valence-corrected chi connectivity index (χ1v) is 5.72. The summed E-state index contributed by atoms with van der Waals surface area (Å²) < 4.78 is 6.80. The van der Waals surface area contributed by atoms with Crippen molar-refractivity contribution in [1.29, 1.82) is 0 Å². The zero-order valence-electron chi connectivity index (χ0n) is 10.3. The molecule has 2 rings (SSSR count). The standard InChI is InChI=1S/C10H14N6O3/c1-5-3-16(10(18)13-9(5)11)8-2-6(14-15-12)7(4-17)19-8/h3,6-8,17H,2,4H2,1H3,(H2,11,13,18)/t6-,7+,8+/m0/s1. The summed E-state index contributed by atoms with van der Waals surface area (Å²) in [6.45, 7) is 1.44. The number of azide groups is 1. The first-order valence-electron chi connectivity index (χ1n) is 5.72. The molecule has 1 aliphatic rings. The molecule has 0 saturated carbocycles. The largest absolute Gasteiger partial charge is 0.394 e. The Balaban J connectivity index is 2.32. The third-order valence-corrected chi connectivity index (χ3v) is 3.07. The van der Waals surface area contributed by atoms with E-state index in [2.05, 4.69) is 15.0 Å². The summed E-state index contributed by atoms with van der Waals surface area (Å²) in [5, 5.41) is 12.7. The van der Waals surface area contributed by atoms with Gasteiger partial charge in [0, 0.05) is 23.1 Å². The molecule has 9 heteroatoms. The SMILES string of the molecule is Cc1cn([C@H]2C[C@H](N=[N+]=[N-])[C@@H](CO)O2)c(=O)nc1N. The molecule has 0 unspecified atom stereocenters. The fraction of sp³-hybridized carbons (Fsp3) is 0.600. The highest BCUT2D eigenvalue weighted by Crippen LogP contribution is 2.30. The van der Waals surface area contributed by atoms with Gasteiger partial charge in [-0.15, -0.1) is 0 Å². The van der Waals surface area contributed by atoms with Gasteiger partial charge in [-0.2, -0.15) is 4.98 Å². The van der Waals surface area contributed by atoms with Crippen LogP contribution in [-0.4, -0.2) is 33.4 Å². The maximum atomic E-state index is 11.8. The average molecular weight is 266 g/mol. The van der Waals surface area contributed by atoms with Crippen LogP contribution in [0.15, 0.2) is 16.1 Å². The van der Waals surface area contributed by atoms with Gasteiger partial charge in [0.2, 0.25) is 0 Å². The number of nitrogen functional groups attached to an aromatic ring is 1. The van der Waals surface area contributed by atoms with Crippen LogP contribution >= 0.6 is 0 Å². The van der Waals surface area contributed by atoms with Crippen LogP contribution in [0, 0.1) is 6.92 Å². The van der Waals surface area contributed by atoms with Gasteiger partial charge in [-0.25, -0.2) is 4.79 Å². The van der Waals surface area contributed by atoms with Gasteiger partial charge in [0.1, 0.15) is 12.0 Å². The van der Waals surface area contributed by atoms with Gasteiger partial charge in [-0.05, 0) is 12.5 Å². The van der Waals surface area contributed by atoms with Gasteiger partial charge in [-0.3, -0.25) is 4.57 Å². The Morgan fingerprint density at radius 3 is 3.16 bits per heavy atom. The molecule has 0 bridgehead atoms. The topological polar surface area (TPSA) is 139 Å². The van der Waals surface area contributed by atoms with Crippen molar-refractivity contribution in [3.63, 3.8) is 0 Å². The van der Waals surface area contributed by atoms with E-state index in [0.717, 1.165) is 0 Å². The van der Waals surface area contributed by atoms with Crippen LogP contribution in [0.25, 0.3) is 10.4 Å². The second-order valence-corrected chi connectivity index (χ2v) is 4.32. The molecule has 3 atom stereocenters. The Kier molecular flexibility index (Phi) is 3.70. The molecule has 0 spiro atoms. The molecular weight excluding hydrogens is 252 g/mol. The molecule has 1 fully saturated rings. The number of aromatic nitrogens is 2. The Morgan fingerprint density at radius 1 is 1.79 bits per heavy atom. The minimum Gasteiger partial charge on any atom is -0.394 e. The molecule has 2 heterocycles. The van der Waals surface area contributed by atoms with E-state index < -0.39 is 24.1 Å². The number of hydrogen-bond donors (Lipinski definition) is 2.